The molecule has 3 aromatic rings. The van der Waals surface area contributed by atoms with Gasteiger partial charge in [0.1, 0.15) is 22.8 Å². The summed E-state index contributed by atoms with van der Waals surface area (Å²) in [5, 5.41) is 2.64. The smallest absolute Gasteiger partial charge is 0.270 e. The Morgan fingerprint density at radius 1 is 0.886 bits per heavy atom. The van der Waals surface area contributed by atoms with E-state index >= 15 is 0 Å². The quantitative estimate of drug-likeness (QED) is 0.177. The summed E-state index contributed by atoms with van der Waals surface area (Å²) in [7, 11) is 0. The Balaban J connectivity index is 1.52. The number of nitrogens with zero attached hydrogens (tertiary/aromatic N) is 1. The van der Waals surface area contributed by atoms with E-state index in [0.717, 1.165) is 19.3 Å². The van der Waals surface area contributed by atoms with Crippen LogP contribution in [0, 0.1) is 0 Å². The number of thiocarbonyl (C=S) groups is 1. The number of hydrogen-bond donors (Lipinski definition) is 1. The van der Waals surface area contributed by atoms with Crippen molar-refractivity contribution in [1.82, 2.24) is 5.32 Å². The molecule has 2 amide bonds. The molecule has 1 N–H and O–H groups in total. The van der Waals surface area contributed by atoms with Crippen molar-refractivity contribution in [1.29, 1.82) is 0 Å². The number of unbranched alkanes of at least 4 members (excludes halogenated alkanes) is 2. The van der Waals surface area contributed by atoms with Crippen LogP contribution in [0.4, 0.5) is 5.69 Å². The molecule has 0 atom stereocenters. The molecular weight excluding hydrogens is 460 g/mol. The summed E-state index contributed by atoms with van der Waals surface area (Å²) in [5.74, 6) is 0.990. The van der Waals surface area contributed by atoms with Crippen molar-refractivity contribution >= 4 is 40.9 Å². The minimum atomic E-state index is -0.533. The average molecular weight is 487 g/mol. The summed E-state index contributed by atoms with van der Waals surface area (Å²) in [6.07, 6.45) is 4.75. The number of hydrogen-bond acceptors (Lipinski definition) is 5. The third-order valence-electron chi connectivity index (χ3n) is 5.36. The molecule has 1 heterocycles. The van der Waals surface area contributed by atoms with Gasteiger partial charge in [-0.2, -0.15) is 0 Å². The number of para-hydroxylation sites is 1. The fourth-order valence-electron chi connectivity index (χ4n) is 3.58. The second kappa shape index (κ2) is 11.4. The van der Waals surface area contributed by atoms with Crippen molar-refractivity contribution < 1.29 is 19.1 Å². The highest BCUT2D eigenvalue weighted by Gasteiger charge is 2.34. The first-order valence-electron chi connectivity index (χ1n) is 11.5. The Bertz CT molecular complexity index is 1240. The van der Waals surface area contributed by atoms with Gasteiger partial charge in [0.2, 0.25) is 0 Å². The van der Waals surface area contributed by atoms with Gasteiger partial charge >= 0.3 is 0 Å². The van der Waals surface area contributed by atoms with Crippen molar-refractivity contribution in [3.8, 4) is 17.2 Å². The lowest BCUT2D eigenvalue weighted by Gasteiger charge is -2.29. The lowest BCUT2D eigenvalue weighted by Crippen LogP contribution is -2.54. The van der Waals surface area contributed by atoms with Gasteiger partial charge in [-0.15, -0.1) is 0 Å². The van der Waals surface area contributed by atoms with Gasteiger partial charge in [0.05, 0.1) is 12.3 Å². The van der Waals surface area contributed by atoms with Gasteiger partial charge in [-0.1, -0.05) is 50.1 Å². The first-order valence-corrected chi connectivity index (χ1v) is 11.9. The second-order valence-electron chi connectivity index (χ2n) is 7.99. The normalized spacial score (nSPS) is 14.7. The molecule has 0 aliphatic carbocycles. The third-order valence-corrected chi connectivity index (χ3v) is 5.65. The van der Waals surface area contributed by atoms with Crippen LogP contribution in [0.15, 0.2) is 84.4 Å². The monoisotopic (exact) mass is 486 g/mol. The van der Waals surface area contributed by atoms with Gasteiger partial charge in [0.15, 0.2) is 5.11 Å². The van der Waals surface area contributed by atoms with Crippen LogP contribution < -0.4 is 19.7 Å². The van der Waals surface area contributed by atoms with Crippen molar-refractivity contribution in [2.24, 2.45) is 0 Å². The summed E-state index contributed by atoms with van der Waals surface area (Å²) >= 11 is 5.30. The molecule has 4 rings (SSSR count). The van der Waals surface area contributed by atoms with Gasteiger partial charge in [-0.05, 0) is 78.8 Å². The van der Waals surface area contributed by atoms with Crippen molar-refractivity contribution in [3.63, 3.8) is 0 Å². The highest BCUT2D eigenvalue weighted by molar-refractivity contribution is 7.80. The van der Waals surface area contributed by atoms with Crippen LogP contribution in [0.5, 0.6) is 17.2 Å². The van der Waals surface area contributed by atoms with Crippen LogP contribution in [-0.4, -0.2) is 23.5 Å². The number of anilines is 1. The van der Waals surface area contributed by atoms with Gasteiger partial charge in [-0.25, -0.2) is 0 Å². The number of rotatable bonds is 9. The van der Waals surface area contributed by atoms with Crippen LogP contribution in [-0.2, 0) is 9.59 Å². The van der Waals surface area contributed by atoms with Gasteiger partial charge < -0.3 is 9.47 Å². The van der Waals surface area contributed by atoms with E-state index in [0.29, 0.717) is 35.1 Å². The molecule has 7 heteroatoms. The van der Waals surface area contributed by atoms with Crippen LogP contribution in [0.2, 0.25) is 0 Å². The van der Waals surface area contributed by atoms with Crippen LogP contribution in [0.25, 0.3) is 6.08 Å². The lowest BCUT2D eigenvalue weighted by atomic mass is 10.1. The SMILES string of the molecule is CCCCCOc1cccc(/C=C2\C(=O)NC(=S)N(c3ccc(Oc4ccccc4)cc3)C2=O)c1. The second-order valence-corrected chi connectivity index (χ2v) is 8.38. The summed E-state index contributed by atoms with van der Waals surface area (Å²) in [6.45, 7) is 2.76. The maximum absolute atomic E-state index is 13.3. The van der Waals surface area contributed by atoms with Crippen LogP contribution >= 0.6 is 12.2 Å². The van der Waals surface area contributed by atoms with Crippen molar-refractivity contribution in [3.05, 3.63) is 90.0 Å². The van der Waals surface area contributed by atoms with E-state index in [1.807, 2.05) is 54.6 Å². The molecule has 1 saturated heterocycles. The Labute approximate surface area is 210 Å². The topological polar surface area (TPSA) is 67.9 Å². The zero-order valence-corrected chi connectivity index (χ0v) is 20.2. The molecule has 0 radical (unpaired) electrons. The standard InChI is InChI=1S/C28H26N2O4S/c1-2-3-7-17-33-24-12-8-9-20(18-24)19-25-26(31)29-28(35)30(27(25)32)21-13-15-23(16-14-21)34-22-10-5-4-6-11-22/h4-6,8-16,18-19H,2-3,7,17H2,1H3,(H,29,31,35)/b25-19+. The first-order chi connectivity index (χ1) is 17.0. The average Bonchev–Trinajstić information content (AvgIpc) is 2.86. The predicted octanol–water partition coefficient (Wildman–Crippen LogP) is 5.88. The maximum Gasteiger partial charge on any atom is 0.270 e. The number of ether oxygens (including phenoxy) is 2. The Morgan fingerprint density at radius 2 is 1.60 bits per heavy atom. The fourth-order valence-corrected chi connectivity index (χ4v) is 3.86. The molecular formula is C28H26N2O4S. The molecule has 1 aliphatic heterocycles. The van der Waals surface area contributed by atoms with Crippen LogP contribution in [0.1, 0.15) is 31.7 Å². The molecule has 1 fully saturated rings. The molecule has 35 heavy (non-hydrogen) atoms. The van der Waals surface area contributed by atoms with Crippen molar-refractivity contribution in [2.75, 3.05) is 11.5 Å². The first kappa shape index (κ1) is 24.2. The van der Waals surface area contributed by atoms with Gasteiger partial charge in [-0.3, -0.25) is 19.8 Å². The number of carbonyl (C=O) groups excluding carboxylic acids is 2. The minimum Gasteiger partial charge on any atom is -0.494 e. The zero-order valence-electron chi connectivity index (χ0n) is 19.4. The number of nitrogens with one attached hydrogen (secondary N) is 1. The predicted molar refractivity (Wildman–Crippen MR) is 141 cm³/mol. The summed E-state index contributed by atoms with van der Waals surface area (Å²) in [4.78, 5) is 27.2. The summed E-state index contributed by atoms with van der Waals surface area (Å²) < 4.78 is 11.6. The van der Waals surface area contributed by atoms with E-state index < -0.39 is 11.8 Å². The fraction of sp³-hybridized carbons (Fsp3) is 0.179. The molecule has 0 unspecified atom stereocenters. The van der Waals surface area contributed by atoms with E-state index in [2.05, 4.69) is 12.2 Å². The number of benzene rings is 3. The highest BCUT2D eigenvalue weighted by atomic mass is 32.1. The third kappa shape index (κ3) is 6.13. The Kier molecular flexibility index (Phi) is 7.90. The van der Waals surface area contributed by atoms with Gasteiger partial charge in [0.25, 0.3) is 11.8 Å². The highest BCUT2D eigenvalue weighted by Crippen LogP contribution is 2.27. The Morgan fingerprint density at radius 3 is 2.34 bits per heavy atom. The molecule has 0 aromatic heterocycles. The molecule has 0 saturated carbocycles. The molecule has 0 bridgehead atoms. The van der Waals surface area contributed by atoms with Crippen molar-refractivity contribution in [2.45, 2.75) is 26.2 Å². The summed E-state index contributed by atoms with van der Waals surface area (Å²) in [5.41, 5.74) is 1.21. The van der Waals surface area contributed by atoms with E-state index in [9.17, 15) is 9.59 Å². The van der Waals surface area contributed by atoms with E-state index in [4.69, 9.17) is 21.7 Å². The van der Waals surface area contributed by atoms with E-state index in [1.54, 1.807) is 30.3 Å². The maximum atomic E-state index is 13.3. The largest absolute Gasteiger partial charge is 0.494 e. The molecule has 0 spiro atoms. The zero-order chi connectivity index (χ0) is 24.6. The van der Waals surface area contributed by atoms with Gasteiger partial charge in [0, 0.05) is 0 Å². The van der Waals surface area contributed by atoms with E-state index in [1.165, 1.54) is 4.90 Å². The lowest BCUT2D eigenvalue weighted by molar-refractivity contribution is -0.122. The van der Waals surface area contributed by atoms with E-state index in [-0.39, 0.29) is 10.7 Å². The molecule has 6 nitrogen and oxygen atoms in total. The number of amides is 2. The summed E-state index contributed by atoms with van der Waals surface area (Å²) in [6, 6.07) is 23.7. The molecule has 178 valence electrons. The van der Waals surface area contributed by atoms with Crippen LogP contribution in [0.3, 0.4) is 0 Å². The minimum absolute atomic E-state index is 0.00801. The molecule has 1 aliphatic rings. The molecule has 3 aromatic carbocycles. The number of carbonyl (C=O) groups is 2. The Hall–Kier alpha value is -3.97.